The average molecular weight is 319 g/mol. The van der Waals surface area contributed by atoms with Gasteiger partial charge in [0.15, 0.2) is 0 Å². The minimum absolute atomic E-state index is 0.00961. The Morgan fingerprint density at radius 3 is 2.52 bits per heavy atom. The molecular weight excluding hydrogens is 303 g/mol. The molecule has 0 bridgehead atoms. The van der Waals surface area contributed by atoms with E-state index in [0.717, 1.165) is 12.5 Å². The van der Waals surface area contributed by atoms with Crippen LogP contribution in [0.4, 0.5) is 13.2 Å². The molecule has 0 unspecified atom stereocenters. The van der Waals surface area contributed by atoms with Gasteiger partial charge in [0.2, 0.25) is 10.0 Å². The molecule has 1 aromatic rings. The predicted molar refractivity (Wildman–Crippen MR) is 75.0 cm³/mol. The Kier molecular flexibility index (Phi) is 6.24. The van der Waals surface area contributed by atoms with Crippen LogP contribution in [0.15, 0.2) is 24.3 Å². The first kappa shape index (κ1) is 17.5. The molecule has 0 saturated carbocycles. The number of hydrogen-bond acceptors (Lipinski definition) is 2. The van der Waals surface area contributed by atoms with Gasteiger partial charge in [0, 0.05) is 5.56 Å². The first-order valence-corrected chi connectivity index (χ1v) is 8.04. The van der Waals surface area contributed by atoms with E-state index in [1.54, 1.807) is 0 Å². The van der Waals surface area contributed by atoms with Gasteiger partial charge in [0.1, 0.15) is 0 Å². The molecule has 0 saturated heterocycles. The van der Waals surface area contributed by atoms with Crippen LogP contribution in [0.2, 0.25) is 0 Å². The lowest BCUT2D eigenvalue weighted by atomic mass is 10.1. The highest BCUT2D eigenvalue weighted by molar-refractivity contribution is 7.89. The summed E-state index contributed by atoms with van der Waals surface area (Å²) in [5.41, 5.74) is -0.996. The summed E-state index contributed by atoms with van der Waals surface area (Å²) in [4.78, 5) is 0. The van der Waals surface area contributed by atoms with E-state index in [1.807, 2.05) is 6.92 Å². The number of rotatable bonds is 5. The smallest absolute Gasteiger partial charge is 0.212 e. The molecule has 1 aromatic carbocycles. The Morgan fingerprint density at radius 2 is 1.90 bits per heavy atom. The predicted octanol–water partition coefficient (Wildman–Crippen LogP) is 2.78. The van der Waals surface area contributed by atoms with Crippen molar-refractivity contribution in [3.8, 4) is 11.8 Å². The first-order chi connectivity index (χ1) is 9.76. The van der Waals surface area contributed by atoms with Gasteiger partial charge in [-0.3, -0.25) is 0 Å². The standard InChI is InChI=1S/C14H16F3NO2S/c1-2-3-11-21(19,20)18-10-6-8-12-7-4-5-9-13(12)14(15,16)17/h4-5,7,9,18H,2-3,10-11H2,1H3. The lowest BCUT2D eigenvalue weighted by Gasteiger charge is -2.08. The Labute approximate surface area is 122 Å². The summed E-state index contributed by atoms with van der Waals surface area (Å²) in [6.07, 6.45) is -3.21. The van der Waals surface area contributed by atoms with Gasteiger partial charge in [0.05, 0.1) is 17.9 Å². The molecule has 0 spiro atoms. The zero-order valence-electron chi connectivity index (χ0n) is 11.5. The number of unbranched alkanes of at least 4 members (excludes halogenated alkanes) is 1. The normalized spacial score (nSPS) is 11.8. The van der Waals surface area contributed by atoms with Crippen molar-refractivity contribution in [2.75, 3.05) is 12.3 Å². The zero-order valence-corrected chi connectivity index (χ0v) is 12.3. The first-order valence-electron chi connectivity index (χ1n) is 6.38. The lowest BCUT2D eigenvalue weighted by molar-refractivity contribution is -0.137. The van der Waals surface area contributed by atoms with Crippen molar-refractivity contribution in [3.05, 3.63) is 35.4 Å². The third-order valence-electron chi connectivity index (χ3n) is 2.60. The van der Waals surface area contributed by atoms with Crippen LogP contribution in [0.1, 0.15) is 30.9 Å². The van der Waals surface area contributed by atoms with Gasteiger partial charge < -0.3 is 0 Å². The SMILES string of the molecule is CCCCS(=O)(=O)NCC#Cc1ccccc1C(F)(F)F. The van der Waals surface area contributed by atoms with E-state index in [0.29, 0.717) is 6.42 Å². The van der Waals surface area contributed by atoms with E-state index in [4.69, 9.17) is 0 Å². The highest BCUT2D eigenvalue weighted by Crippen LogP contribution is 2.31. The van der Waals surface area contributed by atoms with Gasteiger partial charge in [-0.25, -0.2) is 13.1 Å². The number of nitrogens with one attached hydrogen (secondary N) is 1. The van der Waals surface area contributed by atoms with Gasteiger partial charge in [-0.2, -0.15) is 13.2 Å². The molecule has 0 amide bonds. The van der Waals surface area contributed by atoms with E-state index in [9.17, 15) is 21.6 Å². The highest BCUT2D eigenvalue weighted by atomic mass is 32.2. The molecular formula is C14H16F3NO2S. The summed E-state index contributed by atoms with van der Waals surface area (Å²) in [6.45, 7) is 1.65. The topological polar surface area (TPSA) is 46.2 Å². The fourth-order valence-electron chi connectivity index (χ4n) is 1.53. The minimum atomic E-state index is -4.48. The van der Waals surface area contributed by atoms with Crippen LogP contribution in [0, 0.1) is 11.8 Å². The fourth-order valence-corrected chi connectivity index (χ4v) is 2.64. The Hall–Kier alpha value is -1.52. The quantitative estimate of drug-likeness (QED) is 0.848. The van der Waals surface area contributed by atoms with Crippen LogP contribution >= 0.6 is 0 Å². The van der Waals surface area contributed by atoms with Crippen molar-refractivity contribution < 1.29 is 21.6 Å². The number of alkyl halides is 3. The molecule has 7 heteroatoms. The third kappa shape index (κ3) is 6.19. The minimum Gasteiger partial charge on any atom is -0.212 e. The van der Waals surface area contributed by atoms with Crippen molar-refractivity contribution in [2.45, 2.75) is 25.9 Å². The maximum absolute atomic E-state index is 12.7. The van der Waals surface area contributed by atoms with Crippen LogP contribution in [-0.4, -0.2) is 20.7 Å². The van der Waals surface area contributed by atoms with Gasteiger partial charge in [-0.05, 0) is 18.6 Å². The molecule has 1 rings (SSSR count). The molecule has 0 aromatic heterocycles. The molecule has 0 aliphatic carbocycles. The van der Waals surface area contributed by atoms with E-state index in [1.165, 1.54) is 18.2 Å². The monoisotopic (exact) mass is 319 g/mol. The summed E-state index contributed by atoms with van der Waals surface area (Å²) in [5, 5.41) is 0. The van der Waals surface area contributed by atoms with E-state index >= 15 is 0 Å². The average Bonchev–Trinajstić information content (AvgIpc) is 2.41. The van der Waals surface area contributed by atoms with E-state index in [-0.39, 0.29) is 17.9 Å². The Morgan fingerprint density at radius 1 is 1.24 bits per heavy atom. The van der Waals surface area contributed by atoms with Crippen LogP contribution in [0.3, 0.4) is 0 Å². The molecule has 0 aliphatic heterocycles. The van der Waals surface area contributed by atoms with Crippen molar-refractivity contribution in [2.24, 2.45) is 0 Å². The van der Waals surface area contributed by atoms with Crippen molar-refractivity contribution in [1.29, 1.82) is 0 Å². The summed E-state index contributed by atoms with van der Waals surface area (Å²) < 4.78 is 63.3. The number of sulfonamides is 1. The molecule has 21 heavy (non-hydrogen) atoms. The molecule has 3 nitrogen and oxygen atoms in total. The summed E-state index contributed by atoms with van der Waals surface area (Å²) >= 11 is 0. The molecule has 0 aliphatic rings. The molecule has 0 radical (unpaired) electrons. The largest absolute Gasteiger partial charge is 0.417 e. The van der Waals surface area contributed by atoms with Crippen molar-refractivity contribution >= 4 is 10.0 Å². The van der Waals surface area contributed by atoms with Gasteiger partial charge in [-0.1, -0.05) is 37.3 Å². The van der Waals surface area contributed by atoms with Crippen LogP contribution in [-0.2, 0) is 16.2 Å². The third-order valence-corrected chi connectivity index (χ3v) is 4.01. The van der Waals surface area contributed by atoms with Crippen LogP contribution in [0.5, 0.6) is 0 Å². The fraction of sp³-hybridized carbons (Fsp3) is 0.429. The second-order valence-corrected chi connectivity index (χ2v) is 6.27. The molecule has 0 heterocycles. The Balaban J connectivity index is 2.73. The van der Waals surface area contributed by atoms with Gasteiger partial charge in [0.25, 0.3) is 0 Å². The molecule has 116 valence electrons. The molecule has 0 atom stereocenters. The Bertz CT molecular complexity index is 628. The summed E-state index contributed by atoms with van der Waals surface area (Å²) in [5.74, 6) is 4.75. The maximum atomic E-state index is 12.7. The lowest BCUT2D eigenvalue weighted by Crippen LogP contribution is -2.26. The summed E-state index contributed by atoms with van der Waals surface area (Å²) in [6, 6.07) is 4.92. The van der Waals surface area contributed by atoms with Crippen LogP contribution < -0.4 is 4.72 Å². The number of hydrogen-bond donors (Lipinski definition) is 1. The number of halogens is 3. The van der Waals surface area contributed by atoms with Crippen LogP contribution in [0.25, 0.3) is 0 Å². The number of benzene rings is 1. The van der Waals surface area contributed by atoms with E-state index in [2.05, 4.69) is 16.6 Å². The zero-order chi connectivity index (χ0) is 15.9. The summed E-state index contributed by atoms with van der Waals surface area (Å²) in [7, 11) is -3.41. The molecule has 1 N–H and O–H groups in total. The highest BCUT2D eigenvalue weighted by Gasteiger charge is 2.32. The van der Waals surface area contributed by atoms with Crippen molar-refractivity contribution in [3.63, 3.8) is 0 Å². The second-order valence-electron chi connectivity index (χ2n) is 4.34. The second kappa shape index (κ2) is 7.48. The van der Waals surface area contributed by atoms with Crippen molar-refractivity contribution in [1.82, 2.24) is 4.72 Å². The van der Waals surface area contributed by atoms with Gasteiger partial charge >= 0.3 is 6.18 Å². The van der Waals surface area contributed by atoms with E-state index < -0.39 is 21.8 Å². The molecule has 0 fully saturated rings. The van der Waals surface area contributed by atoms with Gasteiger partial charge in [-0.15, -0.1) is 0 Å². The maximum Gasteiger partial charge on any atom is 0.417 e.